The van der Waals surface area contributed by atoms with Gasteiger partial charge in [0.15, 0.2) is 0 Å². The van der Waals surface area contributed by atoms with E-state index in [1.807, 2.05) is 14.1 Å². The van der Waals surface area contributed by atoms with Crippen LogP contribution < -0.4 is 15.4 Å². The van der Waals surface area contributed by atoms with Crippen molar-refractivity contribution in [3.8, 4) is 5.75 Å². The van der Waals surface area contributed by atoms with Gasteiger partial charge in [-0.05, 0) is 129 Å². The van der Waals surface area contributed by atoms with Gasteiger partial charge in [-0.15, -0.1) is 0 Å². The van der Waals surface area contributed by atoms with E-state index in [1.165, 1.54) is 43.2 Å². The molecule has 0 heterocycles. The summed E-state index contributed by atoms with van der Waals surface area (Å²) in [5.74, 6) is 2.05. The van der Waals surface area contributed by atoms with Gasteiger partial charge in [0.05, 0.1) is 0 Å². The van der Waals surface area contributed by atoms with Crippen molar-refractivity contribution in [2.24, 2.45) is 22.7 Å². The van der Waals surface area contributed by atoms with Gasteiger partial charge in [0.25, 0.3) is 0 Å². The first-order valence-corrected chi connectivity index (χ1v) is 13.7. The van der Waals surface area contributed by atoms with Crippen LogP contribution in [0.3, 0.4) is 0 Å². The number of benzene rings is 1. The second-order valence-corrected chi connectivity index (χ2v) is 12.7. The molecule has 0 aromatic heterocycles. The lowest BCUT2D eigenvalue weighted by Gasteiger charge is -2.61. The number of nitrogens with one attached hydrogen (secondary N) is 2. The number of hydrogen-bond donors (Lipinski definition) is 2. The molecular weight excluding hydrogens is 420 g/mol. The molecule has 0 spiro atoms. The minimum atomic E-state index is -0.255. The van der Waals surface area contributed by atoms with E-state index in [-0.39, 0.29) is 17.4 Å². The fourth-order valence-electron chi connectivity index (χ4n) is 8.71. The molecule has 5 atom stereocenters. The topological polar surface area (TPSA) is 50.4 Å². The lowest BCUT2D eigenvalue weighted by atomic mass is 9.43. The van der Waals surface area contributed by atoms with Gasteiger partial charge < -0.3 is 15.4 Å². The largest absolute Gasteiger partial charge is 0.425 e. The number of ether oxygens (including phenoxy) is 1. The van der Waals surface area contributed by atoms with Crippen LogP contribution in [0.4, 0.5) is 0 Å². The maximum atomic E-state index is 12.9. The summed E-state index contributed by atoms with van der Waals surface area (Å²) in [6.07, 6.45) is 10.7. The molecule has 0 amide bonds. The SMILES string of the molecule is CNCCCCC(NC)C(=O)Oc1cc(C)c2c(c1)C[C@@H]1[C@@]3(C)CCCC(C)(C)[C@@H]3CC[C@@]21C. The first-order chi connectivity index (χ1) is 16.1. The van der Waals surface area contributed by atoms with E-state index < -0.39 is 0 Å². The fraction of sp³-hybridized carbons (Fsp3) is 0.767. The first kappa shape index (κ1) is 25.7. The monoisotopic (exact) mass is 468 g/mol. The minimum Gasteiger partial charge on any atom is -0.425 e. The Bertz CT molecular complexity index is 909. The highest BCUT2D eigenvalue weighted by molar-refractivity contribution is 5.78. The van der Waals surface area contributed by atoms with Crippen LogP contribution in [-0.2, 0) is 16.6 Å². The predicted octanol–water partition coefficient (Wildman–Crippen LogP) is 5.93. The van der Waals surface area contributed by atoms with Crippen molar-refractivity contribution in [2.45, 2.75) is 104 Å². The smallest absolute Gasteiger partial charge is 0.328 e. The standard InChI is InChI=1S/C30H48N2O2/c1-20-17-22(34-27(33)23(32-7)11-8-9-16-31-6)18-21-19-25-29(4)14-10-13-28(2,3)24(29)12-15-30(25,5)26(20)21/h17-18,23-25,31-32H,8-16,19H2,1-7H3/t23?,24-,25+,29-,30+/m0/s1. The quantitative estimate of drug-likeness (QED) is 0.282. The number of carbonyl (C=O) groups excluding carboxylic acids is 1. The highest BCUT2D eigenvalue weighted by Gasteiger charge is 2.61. The molecule has 3 aliphatic rings. The third-order valence-corrected chi connectivity index (χ3v) is 10.2. The van der Waals surface area contributed by atoms with Crippen LogP contribution in [0.1, 0.15) is 95.8 Å². The summed E-state index contributed by atoms with van der Waals surface area (Å²) in [5, 5.41) is 6.33. The number of aryl methyl sites for hydroxylation is 1. The van der Waals surface area contributed by atoms with E-state index in [9.17, 15) is 4.79 Å². The molecule has 0 radical (unpaired) electrons. The molecular formula is C30H48N2O2. The highest BCUT2D eigenvalue weighted by Crippen LogP contribution is 2.67. The van der Waals surface area contributed by atoms with Crippen molar-refractivity contribution in [2.75, 3.05) is 20.6 Å². The Morgan fingerprint density at radius 2 is 1.85 bits per heavy atom. The first-order valence-electron chi connectivity index (χ1n) is 13.7. The molecule has 0 saturated heterocycles. The summed E-state index contributed by atoms with van der Waals surface area (Å²) in [5.41, 5.74) is 5.35. The number of esters is 1. The summed E-state index contributed by atoms with van der Waals surface area (Å²) < 4.78 is 5.96. The lowest BCUT2D eigenvalue weighted by molar-refractivity contribution is -0.136. The van der Waals surface area contributed by atoms with Gasteiger partial charge >= 0.3 is 5.97 Å². The van der Waals surface area contributed by atoms with Crippen LogP contribution in [-0.4, -0.2) is 32.7 Å². The summed E-state index contributed by atoms with van der Waals surface area (Å²) >= 11 is 0. The van der Waals surface area contributed by atoms with E-state index in [4.69, 9.17) is 4.74 Å². The Kier molecular flexibility index (Phi) is 7.24. The zero-order valence-corrected chi connectivity index (χ0v) is 22.8. The Balaban J connectivity index is 1.55. The van der Waals surface area contributed by atoms with Crippen molar-refractivity contribution in [3.05, 3.63) is 28.8 Å². The Morgan fingerprint density at radius 1 is 1.09 bits per heavy atom. The van der Waals surface area contributed by atoms with E-state index >= 15 is 0 Å². The fourth-order valence-corrected chi connectivity index (χ4v) is 8.71. The second kappa shape index (κ2) is 9.58. The summed E-state index contributed by atoms with van der Waals surface area (Å²) in [7, 11) is 3.82. The average Bonchev–Trinajstić information content (AvgIpc) is 3.07. The van der Waals surface area contributed by atoms with Gasteiger partial charge in [-0.2, -0.15) is 0 Å². The number of unbranched alkanes of at least 4 members (excludes halogenated alkanes) is 1. The van der Waals surface area contributed by atoms with E-state index in [0.29, 0.717) is 16.7 Å². The maximum Gasteiger partial charge on any atom is 0.328 e. The van der Waals surface area contributed by atoms with Crippen molar-refractivity contribution < 1.29 is 9.53 Å². The van der Waals surface area contributed by atoms with Gasteiger partial charge in [-0.25, -0.2) is 4.79 Å². The summed E-state index contributed by atoms with van der Waals surface area (Å²) in [6, 6.07) is 4.07. The molecule has 1 aromatic carbocycles. The molecule has 2 saturated carbocycles. The van der Waals surface area contributed by atoms with Crippen molar-refractivity contribution in [1.29, 1.82) is 0 Å². The number of fused-ring (bicyclic) bond motifs is 5. The molecule has 1 aromatic rings. The zero-order chi connectivity index (χ0) is 24.7. The molecule has 4 heteroatoms. The molecule has 190 valence electrons. The molecule has 0 aliphatic heterocycles. The van der Waals surface area contributed by atoms with Crippen LogP contribution in [0.2, 0.25) is 0 Å². The van der Waals surface area contributed by atoms with Crippen LogP contribution in [0, 0.1) is 29.6 Å². The number of rotatable bonds is 8. The van der Waals surface area contributed by atoms with Gasteiger partial charge in [0, 0.05) is 0 Å². The van der Waals surface area contributed by atoms with E-state index in [0.717, 1.165) is 43.9 Å². The molecule has 2 fully saturated rings. The van der Waals surface area contributed by atoms with Gasteiger partial charge in [0.2, 0.25) is 0 Å². The Labute approximate surface area is 208 Å². The van der Waals surface area contributed by atoms with Crippen LogP contribution in [0.5, 0.6) is 5.75 Å². The maximum absolute atomic E-state index is 12.9. The lowest BCUT2D eigenvalue weighted by Crippen LogP contribution is -2.55. The van der Waals surface area contributed by atoms with E-state index in [1.54, 1.807) is 5.56 Å². The van der Waals surface area contributed by atoms with Gasteiger partial charge in [-0.1, -0.05) is 40.5 Å². The third-order valence-electron chi connectivity index (χ3n) is 10.2. The van der Waals surface area contributed by atoms with Crippen molar-refractivity contribution in [3.63, 3.8) is 0 Å². The third kappa shape index (κ3) is 4.34. The molecule has 3 aliphatic carbocycles. The van der Waals surface area contributed by atoms with Gasteiger partial charge in [-0.3, -0.25) is 0 Å². The number of carbonyl (C=O) groups is 1. The van der Waals surface area contributed by atoms with Crippen LogP contribution in [0.15, 0.2) is 12.1 Å². The summed E-state index contributed by atoms with van der Waals surface area (Å²) in [4.78, 5) is 12.9. The predicted molar refractivity (Wildman–Crippen MR) is 140 cm³/mol. The van der Waals surface area contributed by atoms with E-state index in [2.05, 4.69) is 57.4 Å². The van der Waals surface area contributed by atoms with Crippen LogP contribution >= 0.6 is 0 Å². The molecule has 4 rings (SSSR count). The molecule has 4 nitrogen and oxygen atoms in total. The summed E-state index contributed by atoms with van der Waals surface area (Å²) in [6.45, 7) is 13.4. The Hall–Kier alpha value is -1.39. The van der Waals surface area contributed by atoms with Crippen LogP contribution in [0.25, 0.3) is 0 Å². The number of likely N-dealkylation sites (N-methyl/N-ethyl adjacent to an activating group) is 1. The number of hydrogen-bond acceptors (Lipinski definition) is 4. The zero-order valence-electron chi connectivity index (χ0n) is 22.8. The normalized spacial score (nSPS) is 32.4. The molecule has 0 bridgehead atoms. The minimum absolute atomic E-state index is 0.158. The average molecular weight is 469 g/mol. The second-order valence-electron chi connectivity index (χ2n) is 12.7. The van der Waals surface area contributed by atoms with Crippen molar-refractivity contribution >= 4 is 5.97 Å². The molecule has 1 unspecified atom stereocenters. The van der Waals surface area contributed by atoms with Crippen molar-refractivity contribution in [1.82, 2.24) is 10.6 Å². The Morgan fingerprint density at radius 3 is 2.56 bits per heavy atom. The highest BCUT2D eigenvalue weighted by atomic mass is 16.5. The molecule has 34 heavy (non-hydrogen) atoms. The van der Waals surface area contributed by atoms with Gasteiger partial charge in [0.1, 0.15) is 11.8 Å². The molecule has 2 N–H and O–H groups in total.